The van der Waals surface area contributed by atoms with Crippen molar-refractivity contribution < 1.29 is 22.3 Å². The second-order valence-electron chi connectivity index (χ2n) is 9.83. The van der Waals surface area contributed by atoms with Crippen molar-refractivity contribution in [3.63, 3.8) is 0 Å². The largest absolute Gasteiger partial charge is 0.429 e. The molecule has 0 saturated heterocycles. The SMILES string of the molecule is CC/C=C/CC[C@H]1CC[C@H](CC[C@H]2CC[C@H](c3cc(F)c(OC(F)F)c(F)c3)CC2)CC1. The molecule has 0 spiro atoms. The van der Waals surface area contributed by atoms with Gasteiger partial charge in [0.2, 0.25) is 0 Å². The molecule has 1 aromatic rings. The molecule has 0 N–H and O–H groups in total. The lowest BCUT2D eigenvalue weighted by Gasteiger charge is -2.32. The van der Waals surface area contributed by atoms with Crippen molar-refractivity contribution in [2.75, 3.05) is 0 Å². The van der Waals surface area contributed by atoms with Crippen LogP contribution in [0.4, 0.5) is 17.6 Å². The molecular weight excluding hydrogens is 416 g/mol. The van der Waals surface area contributed by atoms with Gasteiger partial charge in [-0.1, -0.05) is 57.6 Å². The van der Waals surface area contributed by atoms with Crippen molar-refractivity contribution in [3.05, 3.63) is 41.5 Å². The Morgan fingerprint density at radius 2 is 1.31 bits per heavy atom. The Kier molecular flexibility index (Phi) is 9.92. The number of alkyl halides is 2. The van der Waals surface area contributed by atoms with E-state index in [-0.39, 0.29) is 5.92 Å². The lowest BCUT2D eigenvalue weighted by molar-refractivity contribution is -0.0546. The highest BCUT2D eigenvalue weighted by Gasteiger charge is 2.27. The molecule has 1 aromatic carbocycles. The van der Waals surface area contributed by atoms with Gasteiger partial charge < -0.3 is 4.74 Å². The summed E-state index contributed by atoms with van der Waals surface area (Å²) in [7, 11) is 0. The van der Waals surface area contributed by atoms with E-state index in [0.29, 0.717) is 11.5 Å². The predicted molar refractivity (Wildman–Crippen MR) is 121 cm³/mol. The fourth-order valence-corrected chi connectivity index (χ4v) is 5.70. The molecule has 3 rings (SSSR count). The van der Waals surface area contributed by atoms with Gasteiger partial charge in [-0.25, -0.2) is 8.78 Å². The van der Waals surface area contributed by atoms with E-state index >= 15 is 0 Å². The Morgan fingerprint density at radius 1 is 0.812 bits per heavy atom. The first-order chi connectivity index (χ1) is 15.5. The van der Waals surface area contributed by atoms with Gasteiger partial charge in [0.25, 0.3) is 0 Å². The van der Waals surface area contributed by atoms with Gasteiger partial charge in [0.05, 0.1) is 0 Å². The summed E-state index contributed by atoms with van der Waals surface area (Å²) < 4.78 is 56.7. The van der Waals surface area contributed by atoms with Gasteiger partial charge in [0.1, 0.15) is 0 Å². The van der Waals surface area contributed by atoms with E-state index in [1.807, 2.05) is 0 Å². The molecule has 1 nitrogen and oxygen atoms in total. The van der Waals surface area contributed by atoms with Crippen LogP contribution < -0.4 is 4.74 Å². The average Bonchev–Trinajstić information content (AvgIpc) is 2.78. The van der Waals surface area contributed by atoms with Crippen molar-refractivity contribution in [2.45, 2.75) is 103 Å². The van der Waals surface area contributed by atoms with Gasteiger partial charge >= 0.3 is 6.61 Å². The Balaban J connectivity index is 1.37. The smallest absolute Gasteiger partial charge is 0.387 e. The molecule has 0 heterocycles. The van der Waals surface area contributed by atoms with Crippen LogP contribution in [0.25, 0.3) is 0 Å². The second kappa shape index (κ2) is 12.6. The highest BCUT2D eigenvalue weighted by Crippen LogP contribution is 2.41. The highest BCUT2D eigenvalue weighted by atomic mass is 19.3. The lowest BCUT2D eigenvalue weighted by atomic mass is 9.74. The summed E-state index contributed by atoms with van der Waals surface area (Å²) in [4.78, 5) is 0. The van der Waals surface area contributed by atoms with E-state index < -0.39 is 24.0 Å². The van der Waals surface area contributed by atoms with Crippen molar-refractivity contribution in [3.8, 4) is 5.75 Å². The normalized spacial score (nSPS) is 26.7. The van der Waals surface area contributed by atoms with Gasteiger partial charge in [-0.2, -0.15) is 8.78 Å². The Hall–Kier alpha value is -1.52. The number of benzene rings is 1. The van der Waals surface area contributed by atoms with E-state index in [1.54, 1.807) is 0 Å². The molecule has 0 amide bonds. The molecule has 2 aliphatic rings. The van der Waals surface area contributed by atoms with Gasteiger partial charge in [0.15, 0.2) is 17.4 Å². The summed E-state index contributed by atoms with van der Waals surface area (Å²) in [5.74, 6) is -0.516. The lowest BCUT2D eigenvalue weighted by Crippen LogP contribution is -2.18. The van der Waals surface area contributed by atoms with Crippen molar-refractivity contribution >= 4 is 0 Å². The van der Waals surface area contributed by atoms with Crippen LogP contribution in [-0.4, -0.2) is 6.61 Å². The van der Waals surface area contributed by atoms with Crippen molar-refractivity contribution in [2.24, 2.45) is 17.8 Å². The van der Waals surface area contributed by atoms with E-state index in [9.17, 15) is 17.6 Å². The van der Waals surface area contributed by atoms with E-state index in [2.05, 4.69) is 23.8 Å². The molecule has 5 heteroatoms. The molecular formula is C27H38F4O. The third kappa shape index (κ3) is 7.52. The van der Waals surface area contributed by atoms with Crippen LogP contribution in [0.3, 0.4) is 0 Å². The zero-order valence-electron chi connectivity index (χ0n) is 19.3. The highest BCUT2D eigenvalue weighted by molar-refractivity contribution is 5.33. The maximum absolute atomic E-state index is 14.1. The summed E-state index contributed by atoms with van der Waals surface area (Å²) in [6.07, 6.45) is 20.3. The molecule has 0 aromatic heterocycles. The maximum atomic E-state index is 14.1. The minimum absolute atomic E-state index is 0.0908. The van der Waals surface area contributed by atoms with Crippen LogP contribution in [0, 0.1) is 29.4 Å². The van der Waals surface area contributed by atoms with Crippen LogP contribution >= 0.6 is 0 Å². The van der Waals surface area contributed by atoms with Crippen molar-refractivity contribution in [1.29, 1.82) is 0 Å². The fraction of sp³-hybridized carbons (Fsp3) is 0.704. The molecule has 2 aliphatic carbocycles. The van der Waals surface area contributed by atoms with Gasteiger partial charge in [0, 0.05) is 0 Å². The summed E-state index contributed by atoms with van der Waals surface area (Å²) >= 11 is 0. The van der Waals surface area contributed by atoms with Crippen LogP contribution in [0.2, 0.25) is 0 Å². The van der Waals surface area contributed by atoms with Gasteiger partial charge in [-0.05, 0) is 86.3 Å². The number of halogens is 4. The standard InChI is InChI=1S/C27H38F4O/c1-2-3-4-5-6-19-7-9-20(10-8-19)11-12-21-13-15-22(16-14-21)23-17-24(28)26(25(29)18-23)32-27(30)31/h3-4,17-22,27H,2,5-16H2,1H3/b4-3+/t19-,20-,21-,22-. The van der Waals surface area contributed by atoms with Gasteiger partial charge in [-0.15, -0.1) is 0 Å². The summed E-state index contributed by atoms with van der Waals surface area (Å²) in [6, 6.07) is 2.34. The Bertz CT molecular complexity index is 693. The van der Waals surface area contributed by atoms with Gasteiger partial charge in [-0.3, -0.25) is 0 Å². The first kappa shape index (κ1) is 25.1. The second-order valence-corrected chi connectivity index (χ2v) is 9.83. The van der Waals surface area contributed by atoms with E-state index in [0.717, 1.165) is 43.9 Å². The minimum atomic E-state index is -3.24. The topological polar surface area (TPSA) is 9.23 Å². The number of ether oxygens (including phenoxy) is 1. The van der Waals surface area contributed by atoms with E-state index in [1.165, 1.54) is 63.5 Å². The third-order valence-electron chi connectivity index (χ3n) is 7.64. The first-order valence-corrected chi connectivity index (χ1v) is 12.5. The first-order valence-electron chi connectivity index (χ1n) is 12.5. The Morgan fingerprint density at radius 3 is 1.81 bits per heavy atom. The molecule has 180 valence electrons. The number of hydrogen-bond donors (Lipinski definition) is 0. The minimum Gasteiger partial charge on any atom is -0.429 e. The van der Waals surface area contributed by atoms with Crippen LogP contribution in [0.15, 0.2) is 24.3 Å². The zero-order chi connectivity index (χ0) is 22.9. The summed E-state index contributed by atoms with van der Waals surface area (Å²) in [5.41, 5.74) is 0.562. The van der Waals surface area contributed by atoms with Crippen LogP contribution in [0.1, 0.15) is 102 Å². The maximum Gasteiger partial charge on any atom is 0.387 e. The summed E-state index contributed by atoms with van der Waals surface area (Å²) in [5, 5.41) is 0. The monoisotopic (exact) mass is 454 g/mol. The molecule has 0 radical (unpaired) electrons. The molecule has 32 heavy (non-hydrogen) atoms. The molecule has 0 aliphatic heterocycles. The van der Waals surface area contributed by atoms with Crippen LogP contribution in [0.5, 0.6) is 5.75 Å². The van der Waals surface area contributed by atoms with E-state index in [4.69, 9.17) is 0 Å². The average molecular weight is 455 g/mol. The zero-order valence-corrected chi connectivity index (χ0v) is 19.3. The molecule has 0 bridgehead atoms. The number of hydrogen-bond acceptors (Lipinski definition) is 1. The number of rotatable bonds is 10. The Labute approximate surface area is 190 Å². The molecule has 2 fully saturated rings. The van der Waals surface area contributed by atoms with Crippen molar-refractivity contribution in [1.82, 2.24) is 0 Å². The predicted octanol–water partition coefficient (Wildman–Crippen LogP) is 9.17. The molecule has 0 unspecified atom stereocenters. The summed E-state index contributed by atoms with van der Waals surface area (Å²) in [6.45, 7) is -1.06. The fourth-order valence-electron chi connectivity index (χ4n) is 5.70. The quantitative estimate of drug-likeness (QED) is 0.253. The molecule has 0 atom stereocenters. The third-order valence-corrected chi connectivity index (χ3v) is 7.64. The number of allylic oxidation sites excluding steroid dienone is 2. The van der Waals surface area contributed by atoms with Crippen LogP contribution in [-0.2, 0) is 0 Å². The molecule has 2 saturated carbocycles.